The SMILES string of the molecule is [B]C1(O)c2cc(Cl)ccc2NCCC1(F)F. The number of fused-ring (bicyclic) bond motifs is 1. The Kier molecular flexibility index (Phi) is 2.63. The van der Waals surface area contributed by atoms with Gasteiger partial charge < -0.3 is 10.4 Å². The maximum absolute atomic E-state index is 13.6. The van der Waals surface area contributed by atoms with Crippen LogP contribution >= 0.6 is 11.6 Å². The number of rotatable bonds is 0. The third kappa shape index (κ3) is 1.68. The van der Waals surface area contributed by atoms with Crippen LogP contribution in [0, 0.1) is 0 Å². The predicted octanol–water partition coefficient (Wildman–Crippen LogP) is 2.10. The molecule has 2 N–H and O–H groups in total. The van der Waals surface area contributed by atoms with E-state index in [2.05, 4.69) is 5.32 Å². The van der Waals surface area contributed by atoms with Gasteiger partial charge in [0.1, 0.15) is 13.3 Å². The van der Waals surface area contributed by atoms with E-state index in [4.69, 9.17) is 19.4 Å². The highest BCUT2D eigenvalue weighted by Gasteiger charge is 2.51. The van der Waals surface area contributed by atoms with E-state index in [1.807, 2.05) is 0 Å². The minimum Gasteiger partial charge on any atom is -0.389 e. The quantitative estimate of drug-likeness (QED) is 0.684. The van der Waals surface area contributed by atoms with E-state index < -0.39 is 17.8 Å². The Morgan fingerprint density at radius 1 is 1.44 bits per heavy atom. The molecule has 1 aliphatic heterocycles. The second-order valence-corrected chi connectivity index (χ2v) is 4.27. The number of alkyl halides is 2. The number of halogens is 3. The Morgan fingerprint density at radius 3 is 2.81 bits per heavy atom. The second-order valence-electron chi connectivity index (χ2n) is 3.84. The highest BCUT2D eigenvalue weighted by atomic mass is 35.5. The van der Waals surface area contributed by atoms with E-state index in [0.29, 0.717) is 5.69 Å². The van der Waals surface area contributed by atoms with Gasteiger partial charge in [-0.05, 0) is 18.2 Å². The Morgan fingerprint density at radius 2 is 2.12 bits per heavy atom. The summed E-state index contributed by atoms with van der Waals surface area (Å²) in [5, 5.41) is 12.8. The van der Waals surface area contributed by atoms with Gasteiger partial charge in [0, 0.05) is 29.2 Å². The zero-order valence-corrected chi connectivity index (χ0v) is 9.06. The van der Waals surface area contributed by atoms with Crippen LogP contribution in [0.25, 0.3) is 0 Å². The third-order valence-corrected chi connectivity index (χ3v) is 2.94. The average Bonchev–Trinajstić information content (AvgIpc) is 2.26. The zero-order chi connectivity index (χ0) is 12.0. The molecule has 84 valence electrons. The smallest absolute Gasteiger partial charge is 0.273 e. The molecule has 0 amide bonds. The van der Waals surface area contributed by atoms with Gasteiger partial charge in [-0.2, -0.15) is 0 Å². The Bertz CT molecular complexity index is 425. The van der Waals surface area contributed by atoms with E-state index in [9.17, 15) is 13.9 Å². The van der Waals surface area contributed by atoms with Crippen LogP contribution in [0.5, 0.6) is 0 Å². The van der Waals surface area contributed by atoms with Crippen molar-refractivity contribution < 1.29 is 13.9 Å². The lowest BCUT2D eigenvalue weighted by molar-refractivity contribution is -0.139. The normalized spacial score (nSPS) is 27.8. The molecule has 1 unspecified atom stereocenters. The maximum Gasteiger partial charge on any atom is 0.273 e. The van der Waals surface area contributed by atoms with Gasteiger partial charge in [0.2, 0.25) is 0 Å². The fourth-order valence-corrected chi connectivity index (χ4v) is 1.90. The Labute approximate surface area is 98.0 Å². The summed E-state index contributed by atoms with van der Waals surface area (Å²) < 4.78 is 27.2. The lowest BCUT2D eigenvalue weighted by Gasteiger charge is -2.32. The summed E-state index contributed by atoms with van der Waals surface area (Å²) in [5.41, 5.74) is -2.40. The van der Waals surface area contributed by atoms with E-state index >= 15 is 0 Å². The van der Waals surface area contributed by atoms with Crippen molar-refractivity contribution in [3.05, 3.63) is 28.8 Å². The number of anilines is 1. The molecule has 0 bridgehead atoms. The van der Waals surface area contributed by atoms with Crippen LogP contribution in [0.3, 0.4) is 0 Å². The van der Waals surface area contributed by atoms with Gasteiger partial charge in [-0.3, -0.25) is 0 Å². The standard InChI is InChI=1S/C10H9BClF2NO/c11-10(16)7-5-6(12)1-2-8(7)15-4-3-9(10,13)14/h1-2,5,15-16H,3-4H2. The molecule has 1 aromatic carbocycles. The fraction of sp³-hybridized carbons (Fsp3) is 0.400. The van der Waals surface area contributed by atoms with Gasteiger partial charge >= 0.3 is 0 Å². The highest BCUT2D eigenvalue weighted by molar-refractivity contribution is 6.31. The molecule has 0 saturated heterocycles. The topological polar surface area (TPSA) is 32.3 Å². The monoisotopic (exact) mass is 243 g/mol. The van der Waals surface area contributed by atoms with Crippen LogP contribution in [0.2, 0.25) is 5.02 Å². The number of benzene rings is 1. The van der Waals surface area contributed by atoms with Gasteiger partial charge in [-0.1, -0.05) is 11.6 Å². The molecular weight excluding hydrogens is 234 g/mol. The van der Waals surface area contributed by atoms with Crippen LogP contribution in [-0.4, -0.2) is 25.4 Å². The van der Waals surface area contributed by atoms with Gasteiger partial charge in [0.05, 0.1) is 0 Å². The first-order valence-electron chi connectivity index (χ1n) is 4.77. The van der Waals surface area contributed by atoms with E-state index in [1.54, 1.807) is 6.07 Å². The minimum absolute atomic E-state index is 0.0428. The van der Waals surface area contributed by atoms with Crippen LogP contribution in [0.1, 0.15) is 12.0 Å². The van der Waals surface area contributed by atoms with E-state index in [0.717, 1.165) is 0 Å². The number of nitrogens with one attached hydrogen (secondary N) is 1. The summed E-state index contributed by atoms with van der Waals surface area (Å²) in [4.78, 5) is 0. The first kappa shape index (κ1) is 11.7. The summed E-state index contributed by atoms with van der Waals surface area (Å²) >= 11 is 5.71. The van der Waals surface area contributed by atoms with Crippen LogP contribution < -0.4 is 5.32 Å². The predicted molar refractivity (Wildman–Crippen MR) is 59.2 cm³/mol. The molecule has 0 aromatic heterocycles. The molecule has 0 saturated carbocycles. The maximum atomic E-state index is 13.6. The van der Waals surface area contributed by atoms with Crippen LogP contribution in [0.15, 0.2) is 18.2 Å². The molecule has 1 aliphatic rings. The molecule has 2 rings (SSSR count). The average molecular weight is 243 g/mol. The summed E-state index contributed by atoms with van der Waals surface area (Å²) in [7, 11) is 5.34. The van der Waals surface area contributed by atoms with Crippen molar-refractivity contribution in [2.75, 3.05) is 11.9 Å². The lowest BCUT2D eigenvalue weighted by atomic mass is 9.70. The largest absolute Gasteiger partial charge is 0.389 e. The van der Waals surface area contributed by atoms with Crippen molar-refractivity contribution in [1.82, 2.24) is 0 Å². The fourth-order valence-electron chi connectivity index (χ4n) is 1.73. The van der Waals surface area contributed by atoms with Crippen molar-refractivity contribution in [3.8, 4) is 0 Å². The van der Waals surface area contributed by atoms with Gasteiger partial charge in [-0.15, -0.1) is 0 Å². The molecule has 1 heterocycles. The van der Waals surface area contributed by atoms with Crippen molar-refractivity contribution in [2.24, 2.45) is 0 Å². The Hall–Kier alpha value is -0.805. The molecule has 0 fully saturated rings. The number of hydrogen-bond donors (Lipinski definition) is 2. The zero-order valence-electron chi connectivity index (χ0n) is 8.30. The van der Waals surface area contributed by atoms with Gasteiger partial charge in [0.25, 0.3) is 5.92 Å². The second kappa shape index (κ2) is 3.60. The lowest BCUT2D eigenvalue weighted by Crippen LogP contribution is -2.45. The molecular formula is C10H9BClF2NO. The van der Waals surface area contributed by atoms with Crippen molar-refractivity contribution >= 4 is 25.1 Å². The van der Waals surface area contributed by atoms with Gasteiger partial charge in [-0.25, -0.2) is 8.78 Å². The van der Waals surface area contributed by atoms with Crippen molar-refractivity contribution in [2.45, 2.75) is 17.8 Å². The molecule has 1 atom stereocenters. The summed E-state index contributed by atoms with van der Waals surface area (Å²) in [6.45, 7) is 0.0428. The minimum atomic E-state index is -3.39. The first-order chi connectivity index (χ1) is 7.34. The van der Waals surface area contributed by atoms with Crippen LogP contribution in [-0.2, 0) is 5.50 Å². The molecule has 16 heavy (non-hydrogen) atoms. The number of hydrogen-bond acceptors (Lipinski definition) is 2. The molecule has 2 radical (unpaired) electrons. The van der Waals surface area contributed by atoms with E-state index in [1.165, 1.54) is 12.1 Å². The molecule has 2 nitrogen and oxygen atoms in total. The third-order valence-electron chi connectivity index (χ3n) is 2.70. The molecule has 0 aliphatic carbocycles. The van der Waals surface area contributed by atoms with Crippen molar-refractivity contribution in [1.29, 1.82) is 0 Å². The first-order valence-corrected chi connectivity index (χ1v) is 5.15. The Balaban J connectivity index is 2.61. The highest BCUT2D eigenvalue weighted by Crippen LogP contribution is 2.43. The summed E-state index contributed by atoms with van der Waals surface area (Å²) in [6, 6.07) is 4.33. The molecule has 6 heteroatoms. The van der Waals surface area contributed by atoms with E-state index in [-0.39, 0.29) is 17.1 Å². The molecule has 1 aromatic rings. The summed E-state index contributed by atoms with van der Waals surface area (Å²) in [5.74, 6) is -3.39. The number of aliphatic hydroxyl groups is 1. The molecule has 0 spiro atoms. The van der Waals surface area contributed by atoms with Crippen molar-refractivity contribution in [3.63, 3.8) is 0 Å². The van der Waals surface area contributed by atoms with Gasteiger partial charge in [0.15, 0.2) is 0 Å². The van der Waals surface area contributed by atoms with Crippen LogP contribution in [0.4, 0.5) is 14.5 Å². The summed E-state index contributed by atoms with van der Waals surface area (Å²) in [6.07, 6.45) is -0.535.